The van der Waals surface area contributed by atoms with Crippen molar-refractivity contribution in [3.63, 3.8) is 0 Å². The second-order valence-electron chi connectivity index (χ2n) is 17.9. The van der Waals surface area contributed by atoms with Crippen LogP contribution in [-0.2, 0) is 45.1 Å². The maximum atomic E-state index is 13.7. The van der Waals surface area contributed by atoms with E-state index in [1.165, 1.54) is 0 Å². The number of urea groups is 4. The van der Waals surface area contributed by atoms with Crippen LogP contribution in [0, 0.1) is 0 Å². The highest BCUT2D eigenvalue weighted by atomic mass is 16.7. The van der Waals surface area contributed by atoms with Crippen molar-refractivity contribution < 1.29 is 73.9 Å². The molecule has 3 aliphatic rings. The van der Waals surface area contributed by atoms with E-state index in [0.29, 0.717) is 0 Å². The van der Waals surface area contributed by atoms with Crippen LogP contribution in [0.25, 0.3) is 0 Å². The quantitative estimate of drug-likeness (QED) is 0.0561. The summed E-state index contributed by atoms with van der Waals surface area (Å²) < 4.78 is 24.4. The molecule has 3 fully saturated rings. The average molecular weight is 1020 g/mol. The Kier molecular flexibility index (Phi) is 19.7. The van der Waals surface area contributed by atoms with E-state index in [9.17, 15) is 54.9 Å². The first kappa shape index (κ1) is 54.3. The minimum Gasteiger partial charge on any atom is -0.394 e. The lowest BCUT2D eigenvalue weighted by Gasteiger charge is -2.49. The molecule has 4 aromatic carbocycles. The van der Waals surface area contributed by atoms with E-state index >= 15 is 0 Å². The number of hydrogen-bond acceptors (Lipinski definition) is 15. The molecule has 0 radical (unpaired) electrons. The van der Waals surface area contributed by atoms with Crippen LogP contribution in [0.5, 0.6) is 0 Å². The number of carbonyl (C=O) groups excluding carboxylic acids is 4. The van der Waals surface area contributed by atoms with Crippen LogP contribution >= 0.6 is 0 Å². The smallest absolute Gasteiger partial charge is 0.315 e. The minimum absolute atomic E-state index is 0.0682. The summed E-state index contributed by atoms with van der Waals surface area (Å²) in [4.78, 5) is 53.3. The first-order valence-corrected chi connectivity index (χ1v) is 23.9. The lowest BCUT2D eigenvalue weighted by atomic mass is 9.83. The molecule has 4 aromatic rings. The number of benzene rings is 4. The van der Waals surface area contributed by atoms with E-state index in [1.807, 2.05) is 6.07 Å². The molecule has 0 unspecified atom stereocenters. The van der Waals surface area contributed by atoms with Gasteiger partial charge < -0.3 is 97.2 Å². The van der Waals surface area contributed by atoms with Gasteiger partial charge in [0, 0.05) is 32.7 Å². The zero-order valence-electron chi connectivity index (χ0n) is 39.6. The molecule has 8 amide bonds. The van der Waals surface area contributed by atoms with Crippen molar-refractivity contribution in [2.45, 2.75) is 124 Å². The zero-order valence-corrected chi connectivity index (χ0v) is 39.6. The Labute approximate surface area is 420 Å². The standard InChI is InChI=1S/C50H64N8O15/c59-27-35-37(60)36(58-50(69)54-25-31-19-11-4-12-20-31)39(62)45(71-35)72-43-32(56-48(67)52-23-29-15-7-2-8-16-29)21-33(57-49(68)53-24-30-17-9-3-10-18-30)44(42(43)65)73-46-41(64)40(63)38(61)34(70-46)26-55-47(66)51-22-28-13-5-1-6-14-28/h1-20,32-46,59-65H,21-27H2,(H2,51,55,66)(H2,52,56,67)(H2,53,57,68)(H2,54,58,69)/t32-,33+,34-,35-,36+,37-,38-,39-,40+,41-,42-,43+,44-,45-,46-/m1/s1. The number of ether oxygens (including phenoxy) is 4. The monoisotopic (exact) mass is 1020 g/mol. The SMILES string of the molecule is O=C(NCc1ccccc1)NC[C@H]1O[C@H](O[C@H]2[C@H](O)[C@@H](O[C@H]3O[C@H](CO)[C@@H](O)[C@H](NC(=O)NCc4ccccc4)[C@H]3O)[C@H](NC(=O)NCc3ccccc3)C[C@@H]2NC(=O)NCc2ccccc2)[C@H](O)[C@@H](O)[C@@H]1O. The summed E-state index contributed by atoms with van der Waals surface area (Å²) >= 11 is 0. The average Bonchev–Trinajstić information content (AvgIpc) is 3.41. The number of aliphatic hydroxyl groups is 7. The number of rotatable bonds is 18. The number of carbonyl (C=O) groups is 4. The van der Waals surface area contributed by atoms with Crippen molar-refractivity contribution in [1.82, 2.24) is 42.5 Å². The molecule has 23 nitrogen and oxygen atoms in total. The van der Waals surface area contributed by atoms with Gasteiger partial charge in [0.15, 0.2) is 12.6 Å². The summed E-state index contributed by atoms with van der Waals surface area (Å²) in [6.07, 6.45) is -21.4. The van der Waals surface area contributed by atoms with E-state index in [4.69, 9.17) is 18.9 Å². The predicted molar refractivity (Wildman–Crippen MR) is 258 cm³/mol. The van der Waals surface area contributed by atoms with Gasteiger partial charge in [-0.2, -0.15) is 0 Å². The molecular formula is C50H64N8O15. The molecule has 23 heteroatoms. The van der Waals surface area contributed by atoms with Gasteiger partial charge in [-0.3, -0.25) is 0 Å². The van der Waals surface area contributed by atoms with E-state index in [1.54, 1.807) is 115 Å². The van der Waals surface area contributed by atoms with Crippen LogP contribution in [0.3, 0.4) is 0 Å². The van der Waals surface area contributed by atoms with Gasteiger partial charge in [0.2, 0.25) is 0 Å². The van der Waals surface area contributed by atoms with Crippen LogP contribution < -0.4 is 42.5 Å². The van der Waals surface area contributed by atoms with E-state index < -0.39 is 129 Å². The largest absolute Gasteiger partial charge is 0.394 e. The molecular weight excluding hydrogens is 953 g/mol. The second-order valence-corrected chi connectivity index (χ2v) is 17.9. The van der Waals surface area contributed by atoms with Crippen LogP contribution in [0.1, 0.15) is 28.7 Å². The van der Waals surface area contributed by atoms with Crippen LogP contribution in [0.2, 0.25) is 0 Å². The van der Waals surface area contributed by atoms with Crippen molar-refractivity contribution in [2.75, 3.05) is 13.2 Å². The number of nitrogens with one attached hydrogen (secondary N) is 8. The Morgan fingerprint density at radius 3 is 1.25 bits per heavy atom. The minimum atomic E-state index is -1.98. The fourth-order valence-corrected chi connectivity index (χ4v) is 8.73. The molecule has 2 aliphatic heterocycles. The Balaban J connectivity index is 1.14. The van der Waals surface area contributed by atoms with E-state index in [-0.39, 0.29) is 32.6 Å². The highest BCUT2D eigenvalue weighted by Gasteiger charge is 2.54. The third kappa shape index (κ3) is 15.1. The molecule has 7 rings (SSSR count). The first-order valence-electron chi connectivity index (χ1n) is 23.9. The molecule has 2 heterocycles. The van der Waals surface area contributed by atoms with Crippen molar-refractivity contribution in [1.29, 1.82) is 0 Å². The number of aliphatic hydroxyl groups excluding tert-OH is 7. The van der Waals surface area contributed by atoms with Crippen LogP contribution in [-0.4, -0.2) is 165 Å². The lowest BCUT2D eigenvalue weighted by Crippen LogP contribution is -2.71. The Hall–Kier alpha value is -6.48. The number of hydrogen-bond donors (Lipinski definition) is 15. The van der Waals surface area contributed by atoms with Crippen molar-refractivity contribution in [2.24, 2.45) is 0 Å². The third-order valence-corrected chi connectivity index (χ3v) is 12.7. The normalized spacial score (nSPS) is 29.9. The van der Waals surface area contributed by atoms with Crippen LogP contribution in [0.15, 0.2) is 121 Å². The molecule has 1 aliphatic carbocycles. The highest BCUT2D eigenvalue weighted by Crippen LogP contribution is 2.33. The maximum absolute atomic E-state index is 13.7. The summed E-state index contributed by atoms with van der Waals surface area (Å²) in [6, 6.07) is 28.8. The summed E-state index contributed by atoms with van der Waals surface area (Å²) in [5, 5.41) is 100. The molecule has 15 N–H and O–H groups in total. The fraction of sp³-hybridized carbons (Fsp3) is 0.440. The third-order valence-electron chi connectivity index (χ3n) is 12.7. The van der Waals surface area contributed by atoms with Crippen LogP contribution in [0.4, 0.5) is 19.2 Å². The molecule has 2 saturated heterocycles. The Morgan fingerprint density at radius 1 is 0.438 bits per heavy atom. The molecule has 0 bridgehead atoms. The highest BCUT2D eigenvalue weighted by molar-refractivity contribution is 5.76. The van der Waals surface area contributed by atoms with Gasteiger partial charge in [-0.15, -0.1) is 0 Å². The van der Waals surface area contributed by atoms with Gasteiger partial charge in [0.05, 0.1) is 24.7 Å². The molecule has 394 valence electrons. The molecule has 15 atom stereocenters. The molecule has 0 spiro atoms. The maximum Gasteiger partial charge on any atom is 0.315 e. The molecule has 1 saturated carbocycles. The second kappa shape index (κ2) is 26.5. The molecule has 73 heavy (non-hydrogen) atoms. The topological polar surface area (TPSA) is 343 Å². The predicted octanol–water partition coefficient (Wildman–Crippen LogP) is -1.13. The zero-order chi connectivity index (χ0) is 51.9. The van der Waals surface area contributed by atoms with Crippen molar-refractivity contribution >= 4 is 24.1 Å². The van der Waals surface area contributed by atoms with Gasteiger partial charge in [-0.05, 0) is 28.7 Å². The first-order chi connectivity index (χ1) is 35.3. The van der Waals surface area contributed by atoms with Gasteiger partial charge in [-0.25, -0.2) is 19.2 Å². The summed E-state index contributed by atoms with van der Waals surface area (Å²) in [6.45, 7) is -0.832. The fourth-order valence-electron chi connectivity index (χ4n) is 8.73. The van der Waals surface area contributed by atoms with Gasteiger partial charge in [0.1, 0.15) is 61.0 Å². The summed E-state index contributed by atoms with van der Waals surface area (Å²) in [5.41, 5.74) is 3.05. The van der Waals surface area contributed by atoms with Crippen molar-refractivity contribution in [3.8, 4) is 0 Å². The molecule has 0 aromatic heterocycles. The van der Waals surface area contributed by atoms with Gasteiger partial charge >= 0.3 is 24.1 Å². The summed E-state index contributed by atoms with van der Waals surface area (Å²) in [7, 11) is 0. The lowest BCUT2D eigenvalue weighted by molar-refractivity contribution is -0.334. The number of amides is 8. The van der Waals surface area contributed by atoms with Gasteiger partial charge in [0.25, 0.3) is 0 Å². The Morgan fingerprint density at radius 2 is 0.822 bits per heavy atom. The van der Waals surface area contributed by atoms with E-state index in [2.05, 4.69) is 42.5 Å². The Bertz CT molecular complexity index is 2350. The van der Waals surface area contributed by atoms with E-state index in [0.717, 1.165) is 22.3 Å². The summed E-state index contributed by atoms with van der Waals surface area (Å²) in [5.74, 6) is 0. The van der Waals surface area contributed by atoms with Crippen molar-refractivity contribution in [3.05, 3.63) is 144 Å². The van der Waals surface area contributed by atoms with Gasteiger partial charge in [-0.1, -0.05) is 121 Å².